The van der Waals surface area contributed by atoms with Gasteiger partial charge in [0.15, 0.2) is 0 Å². The van der Waals surface area contributed by atoms with Crippen LogP contribution >= 0.6 is 15.9 Å². The maximum absolute atomic E-state index is 12.0. The minimum Gasteiger partial charge on any atom is -0.361 e. The Kier molecular flexibility index (Phi) is 5.13. The van der Waals surface area contributed by atoms with Crippen LogP contribution in [-0.4, -0.2) is 17.4 Å². The molecule has 0 saturated carbocycles. The molecule has 1 amide bonds. The first-order valence-corrected chi connectivity index (χ1v) is 8.58. The molecule has 0 aliphatic rings. The summed E-state index contributed by atoms with van der Waals surface area (Å²) in [6.07, 6.45) is 4.13. The maximum atomic E-state index is 12.0. The molecule has 0 fully saturated rings. The topological polar surface area (TPSA) is 44.9 Å². The molecule has 118 valence electrons. The number of benzene rings is 2. The summed E-state index contributed by atoms with van der Waals surface area (Å²) in [5.41, 5.74) is 3.55. The van der Waals surface area contributed by atoms with Gasteiger partial charge in [0.05, 0.1) is 0 Å². The van der Waals surface area contributed by atoms with Gasteiger partial charge in [-0.3, -0.25) is 4.79 Å². The molecule has 23 heavy (non-hydrogen) atoms. The van der Waals surface area contributed by atoms with E-state index in [1.165, 1.54) is 16.5 Å². The second-order valence-corrected chi connectivity index (χ2v) is 6.50. The van der Waals surface area contributed by atoms with Crippen molar-refractivity contribution in [1.82, 2.24) is 10.3 Å². The quantitative estimate of drug-likeness (QED) is 0.670. The number of fused-ring (bicyclic) bond motifs is 1. The van der Waals surface area contributed by atoms with Crippen molar-refractivity contribution in [1.29, 1.82) is 0 Å². The van der Waals surface area contributed by atoms with Gasteiger partial charge >= 0.3 is 0 Å². The average molecular weight is 371 g/mol. The number of rotatable bonds is 6. The molecule has 2 N–H and O–H groups in total. The lowest BCUT2D eigenvalue weighted by atomic mass is 10.1. The summed E-state index contributed by atoms with van der Waals surface area (Å²) in [4.78, 5) is 15.2. The number of para-hydroxylation sites is 1. The Morgan fingerprint density at radius 1 is 1.04 bits per heavy atom. The summed E-state index contributed by atoms with van der Waals surface area (Å²) in [5, 5.41) is 4.20. The number of hydrogen-bond acceptors (Lipinski definition) is 1. The summed E-state index contributed by atoms with van der Waals surface area (Å²) in [6, 6.07) is 16.4. The van der Waals surface area contributed by atoms with Crippen LogP contribution in [0.15, 0.2) is 59.2 Å². The number of halogens is 1. The van der Waals surface area contributed by atoms with Crippen LogP contribution in [0, 0.1) is 0 Å². The van der Waals surface area contributed by atoms with E-state index in [2.05, 4.69) is 50.5 Å². The summed E-state index contributed by atoms with van der Waals surface area (Å²) >= 11 is 3.42. The molecule has 0 radical (unpaired) electrons. The van der Waals surface area contributed by atoms with Gasteiger partial charge in [0.2, 0.25) is 5.91 Å². The van der Waals surface area contributed by atoms with Gasteiger partial charge in [0.1, 0.15) is 0 Å². The Labute approximate surface area is 144 Å². The molecule has 0 aliphatic heterocycles. The van der Waals surface area contributed by atoms with Crippen molar-refractivity contribution in [3.8, 4) is 0 Å². The minimum absolute atomic E-state index is 0.104. The van der Waals surface area contributed by atoms with E-state index < -0.39 is 0 Å². The van der Waals surface area contributed by atoms with Gasteiger partial charge in [-0.05, 0) is 42.2 Å². The van der Waals surface area contributed by atoms with Crippen LogP contribution in [0.2, 0.25) is 0 Å². The molecule has 1 aromatic heterocycles. The number of hydrogen-bond donors (Lipinski definition) is 2. The van der Waals surface area contributed by atoms with Gasteiger partial charge in [-0.25, -0.2) is 0 Å². The monoisotopic (exact) mass is 370 g/mol. The first-order valence-electron chi connectivity index (χ1n) is 7.78. The zero-order valence-electron chi connectivity index (χ0n) is 12.8. The second-order valence-electron chi connectivity index (χ2n) is 5.59. The average Bonchev–Trinajstić information content (AvgIpc) is 2.98. The van der Waals surface area contributed by atoms with Crippen molar-refractivity contribution in [2.24, 2.45) is 0 Å². The molecule has 0 aliphatic carbocycles. The third-order valence-corrected chi connectivity index (χ3v) is 4.47. The van der Waals surface area contributed by atoms with Gasteiger partial charge in [0.25, 0.3) is 0 Å². The maximum Gasteiger partial charge on any atom is 0.220 e. The van der Waals surface area contributed by atoms with E-state index >= 15 is 0 Å². The van der Waals surface area contributed by atoms with E-state index in [0.717, 1.165) is 22.8 Å². The Hall–Kier alpha value is -2.07. The number of carbonyl (C=O) groups is 1. The molecule has 3 aromatic rings. The normalized spacial score (nSPS) is 10.8. The molecule has 0 spiro atoms. The molecule has 4 heteroatoms. The molecular weight excluding hydrogens is 352 g/mol. The third kappa shape index (κ3) is 4.23. The van der Waals surface area contributed by atoms with E-state index in [1.807, 2.05) is 30.5 Å². The SMILES string of the molecule is O=C(CCc1c[nH]c2ccccc12)NCCc1ccc(Br)cc1. The number of H-pyrrole nitrogens is 1. The fourth-order valence-corrected chi connectivity index (χ4v) is 2.94. The van der Waals surface area contributed by atoms with E-state index in [1.54, 1.807) is 0 Å². The lowest BCUT2D eigenvalue weighted by Gasteiger charge is -2.05. The van der Waals surface area contributed by atoms with E-state index in [9.17, 15) is 4.79 Å². The van der Waals surface area contributed by atoms with Crippen LogP contribution in [0.1, 0.15) is 17.5 Å². The van der Waals surface area contributed by atoms with E-state index in [0.29, 0.717) is 13.0 Å². The largest absolute Gasteiger partial charge is 0.361 e. The number of amides is 1. The van der Waals surface area contributed by atoms with Gasteiger partial charge in [-0.1, -0.05) is 46.3 Å². The van der Waals surface area contributed by atoms with Crippen molar-refractivity contribution in [3.05, 3.63) is 70.3 Å². The lowest BCUT2D eigenvalue weighted by Crippen LogP contribution is -2.25. The molecule has 0 saturated heterocycles. The van der Waals surface area contributed by atoms with Crippen LogP contribution < -0.4 is 5.32 Å². The number of carbonyl (C=O) groups excluding carboxylic acids is 1. The van der Waals surface area contributed by atoms with Crippen LogP contribution in [0.25, 0.3) is 10.9 Å². The lowest BCUT2D eigenvalue weighted by molar-refractivity contribution is -0.121. The zero-order valence-corrected chi connectivity index (χ0v) is 14.4. The molecular formula is C19H19BrN2O. The molecule has 0 bridgehead atoms. The number of aromatic nitrogens is 1. The van der Waals surface area contributed by atoms with Gasteiger partial charge < -0.3 is 10.3 Å². The standard InChI is InChI=1S/C19H19BrN2O/c20-16-8-5-14(6-9-16)11-12-21-19(23)10-7-15-13-22-18-4-2-1-3-17(15)18/h1-6,8-9,13,22H,7,10-12H2,(H,21,23). The fraction of sp³-hybridized carbons (Fsp3) is 0.211. The Balaban J connectivity index is 1.45. The van der Waals surface area contributed by atoms with E-state index in [-0.39, 0.29) is 5.91 Å². The van der Waals surface area contributed by atoms with Crippen molar-refractivity contribution in [3.63, 3.8) is 0 Å². The molecule has 3 nitrogen and oxygen atoms in total. The molecule has 0 atom stereocenters. The van der Waals surface area contributed by atoms with Crippen LogP contribution in [-0.2, 0) is 17.6 Å². The van der Waals surface area contributed by atoms with Crippen LogP contribution in [0.3, 0.4) is 0 Å². The van der Waals surface area contributed by atoms with E-state index in [4.69, 9.17) is 0 Å². The zero-order chi connectivity index (χ0) is 16.1. The highest BCUT2D eigenvalue weighted by Gasteiger charge is 2.06. The summed E-state index contributed by atoms with van der Waals surface area (Å²) in [5.74, 6) is 0.104. The molecule has 2 aromatic carbocycles. The first-order chi connectivity index (χ1) is 11.2. The van der Waals surface area contributed by atoms with Crippen LogP contribution in [0.4, 0.5) is 0 Å². The van der Waals surface area contributed by atoms with Crippen molar-refractivity contribution in [2.75, 3.05) is 6.54 Å². The third-order valence-electron chi connectivity index (χ3n) is 3.95. The number of nitrogens with one attached hydrogen (secondary N) is 2. The Bertz CT molecular complexity index is 792. The highest BCUT2D eigenvalue weighted by atomic mass is 79.9. The highest BCUT2D eigenvalue weighted by Crippen LogP contribution is 2.18. The minimum atomic E-state index is 0.104. The van der Waals surface area contributed by atoms with Crippen LogP contribution in [0.5, 0.6) is 0 Å². The molecule has 1 heterocycles. The number of aryl methyl sites for hydroxylation is 1. The smallest absolute Gasteiger partial charge is 0.220 e. The first kappa shape index (κ1) is 15.8. The number of aromatic amines is 1. The highest BCUT2D eigenvalue weighted by molar-refractivity contribution is 9.10. The summed E-state index contributed by atoms with van der Waals surface area (Å²) in [6.45, 7) is 0.675. The van der Waals surface area contributed by atoms with Crippen molar-refractivity contribution in [2.45, 2.75) is 19.3 Å². The fourth-order valence-electron chi connectivity index (χ4n) is 2.67. The van der Waals surface area contributed by atoms with Gasteiger partial charge in [-0.15, -0.1) is 0 Å². The Morgan fingerprint density at radius 3 is 2.65 bits per heavy atom. The predicted molar refractivity (Wildman–Crippen MR) is 97.5 cm³/mol. The summed E-state index contributed by atoms with van der Waals surface area (Å²) in [7, 11) is 0. The summed E-state index contributed by atoms with van der Waals surface area (Å²) < 4.78 is 1.07. The molecule has 0 unspecified atom stereocenters. The van der Waals surface area contributed by atoms with Crippen molar-refractivity contribution < 1.29 is 4.79 Å². The molecule has 3 rings (SSSR count). The second kappa shape index (κ2) is 7.47. The van der Waals surface area contributed by atoms with Gasteiger partial charge in [-0.2, -0.15) is 0 Å². The predicted octanol–water partition coefficient (Wildman–Crippen LogP) is 4.22. The Morgan fingerprint density at radius 2 is 1.83 bits per heavy atom. The van der Waals surface area contributed by atoms with Crippen molar-refractivity contribution >= 4 is 32.7 Å². The van der Waals surface area contributed by atoms with Gasteiger partial charge in [0, 0.05) is 34.5 Å².